The Bertz CT molecular complexity index is 339. The number of rotatable bonds is 4. The molecule has 1 amide bonds. The Balaban J connectivity index is 2.56. The molecule has 0 bridgehead atoms. The van der Waals surface area contributed by atoms with Gasteiger partial charge in [0.25, 0.3) is 5.91 Å². The number of aromatic nitrogens is 1. The SMILES string of the molecule is C=CCCNC(=O)c1cccc(Cl)n1. The Morgan fingerprint density at radius 1 is 1.64 bits per heavy atom. The summed E-state index contributed by atoms with van der Waals surface area (Å²) < 4.78 is 0. The highest BCUT2D eigenvalue weighted by Crippen LogP contribution is 2.04. The van der Waals surface area contributed by atoms with Crippen LogP contribution in [0.4, 0.5) is 0 Å². The average molecular weight is 211 g/mol. The van der Waals surface area contributed by atoms with E-state index in [9.17, 15) is 4.79 Å². The zero-order chi connectivity index (χ0) is 10.4. The summed E-state index contributed by atoms with van der Waals surface area (Å²) in [5.41, 5.74) is 0.335. The van der Waals surface area contributed by atoms with Gasteiger partial charge in [0.1, 0.15) is 10.8 Å². The standard InChI is InChI=1S/C10H11ClN2O/c1-2-3-7-12-10(14)8-5-4-6-9(11)13-8/h2,4-6H,1,3,7H2,(H,12,14). The van der Waals surface area contributed by atoms with Crippen LogP contribution in [0.3, 0.4) is 0 Å². The predicted octanol–water partition coefficient (Wildman–Crippen LogP) is 2.04. The molecule has 0 fully saturated rings. The van der Waals surface area contributed by atoms with Gasteiger partial charge in [-0.05, 0) is 18.6 Å². The molecule has 0 aliphatic heterocycles. The zero-order valence-corrected chi connectivity index (χ0v) is 8.42. The van der Waals surface area contributed by atoms with Crippen LogP contribution in [0.15, 0.2) is 30.9 Å². The Kier molecular flexibility index (Phi) is 4.13. The summed E-state index contributed by atoms with van der Waals surface area (Å²) in [4.78, 5) is 15.3. The van der Waals surface area contributed by atoms with Gasteiger partial charge in [-0.25, -0.2) is 4.98 Å². The molecular formula is C10H11ClN2O. The number of hydrogen-bond acceptors (Lipinski definition) is 2. The molecule has 74 valence electrons. The van der Waals surface area contributed by atoms with Crippen molar-refractivity contribution in [2.45, 2.75) is 6.42 Å². The molecule has 0 radical (unpaired) electrons. The lowest BCUT2D eigenvalue weighted by atomic mass is 10.3. The van der Waals surface area contributed by atoms with Crippen LogP contribution in [0.25, 0.3) is 0 Å². The van der Waals surface area contributed by atoms with Gasteiger partial charge in [0.15, 0.2) is 0 Å². The summed E-state index contributed by atoms with van der Waals surface area (Å²) in [5.74, 6) is -0.214. The smallest absolute Gasteiger partial charge is 0.269 e. The third-order valence-electron chi connectivity index (χ3n) is 1.58. The van der Waals surface area contributed by atoms with Crippen LogP contribution < -0.4 is 5.32 Å². The number of nitrogens with one attached hydrogen (secondary N) is 1. The molecule has 0 aliphatic carbocycles. The molecule has 3 nitrogen and oxygen atoms in total. The van der Waals surface area contributed by atoms with E-state index >= 15 is 0 Å². The van der Waals surface area contributed by atoms with Crippen LogP contribution in [0.1, 0.15) is 16.9 Å². The molecule has 4 heteroatoms. The second-order valence-electron chi connectivity index (χ2n) is 2.68. The Hall–Kier alpha value is -1.35. The van der Waals surface area contributed by atoms with E-state index < -0.39 is 0 Å². The Morgan fingerprint density at radius 3 is 3.07 bits per heavy atom. The summed E-state index contributed by atoms with van der Waals surface area (Å²) in [6, 6.07) is 4.94. The molecule has 1 N–H and O–H groups in total. The first-order valence-electron chi connectivity index (χ1n) is 4.25. The molecule has 1 heterocycles. The van der Waals surface area contributed by atoms with E-state index in [4.69, 9.17) is 11.6 Å². The molecule has 0 saturated carbocycles. The van der Waals surface area contributed by atoms with Crippen LogP contribution >= 0.6 is 11.6 Å². The topological polar surface area (TPSA) is 42.0 Å². The van der Waals surface area contributed by atoms with Gasteiger partial charge in [-0.1, -0.05) is 23.7 Å². The predicted molar refractivity (Wildman–Crippen MR) is 56.4 cm³/mol. The lowest BCUT2D eigenvalue weighted by Gasteiger charge is -2.02. The lowest BCUT2D eigenvalue weighted by molar-refractivity contribution is 0.0949. The van der Waals surface area contributed by atoms with Crippen LogP contribution in [0.2, 0.25) is 5.15 Å². The van der Waals surface area contributed by atoms with Crippen molar-refractivity contribution in [2.24, 2.45) is 0 Å². The van der Waals surface area contributed by atoms with E-state index in [0.29, 0.717) is 17.4 Å². The maximum Gasteiger partial charge on any atom is 0.269 e. The van der Waals surface area contributed by atoms with Crippen molar-refractivity contribution >= 4 is 17.5 Å². The van der Waals surface area contributed by atoms with Crippen molar-refractivity contribution < 1.29 is 4.79 Å². The van der Waals surface area contributed by atoms with Gasteiger partial charge in [0.05, 0.1) is 0 Å². The Morgan fingerprint density at radius 2 is 2.43 bits per heavy atom. The van der Waals surface area contributed by atoms with Gasteiger partial charge in [-0.15, -0.1) is 6.58 Å². The first-order valence-corrected chi connectivity index (χ1v) is 4.63. The minimum absolute atomic E-state index is 0.214. The second-order valence-corrected chi connectivity index (χ2v) is 3.07. The number of amides is 1. The van der Waals surface area contributed by atoms with E-state index in [0.717, 1.165) is 6.42 Å². The highest BCUT2D eigenvalue weighted by Gasteiger charge is 2.05. The quantitative estimate of drug-likeness (QED) is 0.470. The minimum Gasteiger partial charge on any atom is -0.350 e. The van der Waals surface area contributed by atoms with Crippen molar-refractivity contribution in [1.82, 2.24) is 10.3 Å². The summed E-state index contributed by atoms with van der Waals surface area (Å²) in [6.45, 7) is 4.12. The molecule has 1 aromatic heterocycles. The van der Waals surface area contributed by atoms with Gasteiger partial charge >= 0.3 is 0 Å². The maximum atomic E-state index is 11.4. The van der Waals surface area contributed by atoms with Crippen LogP contribution in [-0.4, -0.2) is 17.4 Å². The molecule has 0 unspecified atom stereocenters. The normalized spacial score (nSPS) is 9.50. The lowest BCUT2D eigenvalue weighted by Crippen LogP contribution is -2.24. The first kappa shape index (κ1) is 10.7. The average Bonchev–Trinajstić information content (AvgIpc) is 2.18. The van der Waals surface area contributed by atoms with Crippen molar-refractivity contribution in [1.29, 1.82) is 0 Å². The van der Waals surface area contributed by atoms with Gasteiger partial charge in [-0.2, -0.15) is 0 Å². The largest absolute Gasteiger partial charge is 0.350 e. The van der Waals surface area contributed by atoms with Gasteiger partial charge < -0.3 is 5.32 Å². The number of hydrogen-bond donors (Lipinski definition) is 1. The van der Waals surface area contributed by atoms with Crippen molar-refractivity contribution in [3.8, 4) is 0 Å². The van der Waals surface area contributed by atoms with E-state index in [1.807, 2.05) is 0 Å². The molecule has 1 rings (SSSR count). The van der Waals surface area contributed by atoms with Crippen molar-refractivity contribution in [3.05, 3.63) is 41.7 Å². The number of nitrogens with zero attached hydrogens (tertiary/aromatic N) is 1. The molecule has 0 atom stereocenters. The molecule has 0 spiro atoms. The highest BCUT2D eigenvalue weighted by molar-refractivity contribution is 6.29. The van der Waals surface area contributed by atoms with E-state index in [1.165, 1.54) is 0 Å². The van der Waals surface area contributed by atoms with Crippen molar-refractivity contribution in [3.63, 3.8) is 0 Å². The van der Waals surface area contributed by atoms with Crippen LogP contribution in [-0.2, 0) is 0 Å². The number of carbonyl (C=O) groups is 1. The number of pyridine rings is 1. The summed E-state index contributed by atoms with van der Waals surface area (Å²) >= 11 is 5.64. The number of halogens is 1. The van der Waals surface area contributed by atoms with E-state index in [1.54, 1.807) is 24.3 Å². The summed E-state index contributed by atoms with van der Waals surface area (Å²) in [7, 11) is 0. The summed E-state index contributed by atoms with van der Waals surface area (Å²) in [6.07, 6.45) is 2.48. The van der Waals surface area contributed by atoms with Gasteiger partial charge in [0, 0.05) is 6.54 Å². The minimum atomic E-state index is -0.214. The van der Waals surface area contributed by atoms with E-state index in [-0.39, 0.29) is 5.91 Å². The molecule has 0 aliphatic rings. The van der Waals surface area contributed by atoms with Crippen molar-refractivity contribution in [2.75, 3.05) is 6.54 Å². The highest BCUT2D eigenvalue weighted by atomic mass is 35.5. The maximum absolute atomic E-state index is 11.4. The zero-order valence-electron chi connectivity index (χ0n) is 7.66. The monoisotopic (exact) mass is 210 g/mol. The van der Waals surface area contributed by atoms with Crippen LogP contribution in [0.5, 0.6) is 0 Å². The van der Waals surface area contributed by atoms with Gasteiger partial charge in [-0.3, -0.25) is 4.79 Å². The molecule has 0 aromatic carbocycles. The fourth-order valence-corrected chi connectivity index (χ4v) is 1.08. The van der Waals surface area contributed by atoms with E-state index in [2.05, 4.69) is 16.9 Å². The molecule has 14 heavy (non-hydrogen) atoms. The second kappa shape index (κ2) is 5.40. The molecule has 1 aromatic rings. The molecule has 0 saturated heterocycles. The fraction of sp³-hybridized carbons (Fsp3) is 0.200. The third kappa shape index (κ3) is 3.18. The van der Waals surface area contributed by atoms with Crippen LogP contribution in [0, 0.1) is 0 Å². The third-order valence-corrected chi connectivity index (χ3v) is 1.79. The Labute approximate surface area is 87.8 Å². The fourth-order valence-electron chi connectivity index (χ4n) is 0.913. The number of carbonyl (C=O) groups excluding carboxylic acids is 1. The summed E-state index contributed by atoms with van der Waals surface area (Å²) in [5, 5.41) is 3.02. The molecular weight excluding hydrogens is 200 g/mol. The van der Waals surface area contributed by atoms with Gasteiger partial charge in [0.2, 0.25) is 0 Å². The first-order chi connectivity index (χ1) is 6.74.